The van der Waals surface area contributed by atoms with Crippen molar-refractivity contribution >= 4 is 34.7 Å². The highest BCUT2D eigenvalue weighted by Gasteiger charge is 2.30. The van der Waals surface area contributed by atoms with Gasteiger partial charge in [-0.3, -0.25) is 9.59 Å². The van der Waals surface area contributed by atoms with Gasteiger partial charge in [0.2, 0.25) is 5.91 Å². The van der Waals surface area contributed by atoms with Crippen molar-refractivity contribution in [1.82, 2.24) is 14.9 Å². The molecule has 0 radical (unpaired) electrons. The quantitative estimate of drug-likeness (QED) is 0.562. The number of thioether (sulfide) groups is 1. The summed E-state index contributed by atoms with van der Waals surface area (Å²) >= 11 is 1.42. The second-order valence-electron chi connectivity index (χ2n) is 6.77. The molecule has 1 aromatic carbocycles. The summed E-state index contributed by atoms with van der Waals surface area (Å²) in [6.45, 7) is 7.83. The van der Waals surface area contributed by atoms with Crippen LogP contribution < -0.4 is 4.74 Å². The van der Waals surface area contributed by atoms with Gasteiger partial charge in [-0.25, -0.2) is 4.98 Å². The molecule has 28 heavy (non-hydrogen) atoms. The summed E-state index contributed by atoms with van der Waals surface area (Å²) in [5, 5.41) is 0.456. The smallest absolute Gasteiger partial charge is 0.309 e. The molecule has 152 valence electrons. The number of carbonyl (C=O) groups excluding carboxylic acids is 2. The highest BCUT2D eigenvalue weighted by atomic mass is 32.2. The molecule has 1 fully saturated rings. The molecule has 0 saturated carbocycles. The number of H-pyrrole nitrogens is 1. The number of esters is 1. The third-order valence-electron chi connectivity index (χ3n) is 4.81. The van der Waals surface area contributed by atoms with E-state index in [0.29, 0.717) is 44.3 Å². The lowest BCUT2D eigenvalue weighted by molar-refractivity contribution is -0.151. The number of aromatic nitrogens is 2. The number of piperidine rings is 1. The van der Waals surface area contributed by atoms with Crippen molar-refractivity contribution in [2.24, 2.45) is 5.92 Å². The number of likely N-dealkylation sites (tertiary alicyclic amines) is 1. The van der Waals surface area contributed by atoms with Crippen molar-refractivity contribution < 1.29 is 19.1 Å². The van der Waals surface area contributed by atoms with E-state index in [1.54, 1.807) is 0 Å². The summed E-state index contributed by atoms with van der Waals surface area (Å²) < 4.78 is 10.6. The van der Waals surface area contributed by atoms with Gasteiger partial charge in [-0.05, 0) is 45.7 Å². The van der Waals surface area contributed by atoms with Crippen molar-refractivity contribution in [2.75, 3.05) is 26.3 Å². The second-order valence-corrected chi connectivity index (χ2v) is 8.10. The van der Waals surface area contributed by atoms with E-state index in [1.807, 2.05) is 43.9 Å². The maximum atomic E-state index is 12.8. The Morgan fingerprint density at radius 1 is 1.29 bits per heavy atom. The fourth-order valence-corrected chi connectivity index (χ4v) is 4.25. The first kappa shape index (κ1) is 20.5. The monoisotopic (exact) mass is 405 g/mol. The van der Waals surface area contributed by atoms with Crippen LogP contribution in [0.1, 0.15) is 33.6 Å². The molecule has 0 unspecified atom stereocenters. The van der Waals surface area contributed by atoms with Gasteiger partial charge >= 0.3 is 5.97 Å². The molecule has 0 spiro atoms. The van der Waals surface area contributed by atoms with Gasteiger partial charge in [0.15, 0.2) is 5.16 Å². The maximum absolute atomic E-state index is 12.8. The third kappa shape index (κ3) is 4.79. The van der Waals surface area contributed by atoms with Gasteiger partial charge in [-0.15, -0.1) is 0 Å². The van der Waals surface area contributed by atoms with E-state index in [4.69, 9.17) is 9.47 Å². The summed E-state index contributed by atoms with van der Waals surface area (Å²) in [6.07, 6.45) is 1.32. The Labute approximate surface area is 169 Å². The molecule has 1 aliphatic rings. The Kier molecular flexibility index (Phi) is 6.83. The summed E-state index contributed by atoms with van der Waals surface area (Å²) in [5.41, 5.74) is 1.74. The summed E-state index contributed by atoms with van der Waals surface area (Å²) in [5.74, 6) is 0.624. The van der Waals surface area contributed by atoms with Gasteiger partial charge in [0.05, 0.1) is 35.4 Å². The van der Waals surface area contributed by atoms with Crippen LogP contribution in [0.5, 0.6) is 5.75 Å². The fourth-order valence-electron chi connectivity index (χ4n) is 3.35. The number of rotatable bonds is 7. The molecule has 7 nitrogen and oxygen atoms in total. The van der Waals surface area contributed by atoms with E-state index in [2.05, 4.69) is 9.97 Å². The van der Waals surface area contributed by atoms with E-state index in [0.717, 1.165) is 16.8 Å². The standard InChI is InChI=1S/C20H27N3O4S/c1-4-26-15-6-7-16-17(12-15)22-20(21-16)28-13(3)18(24)23-10-8-14(9-11-23)19(25)27-5-2/h6-7,12-14H,4-5,8-11H2,1-3H3,(H,21,22)/t13-/m1/s1. The average molecular weight is 406 g/mol. The van der Waals surface area contributed by atoms with Crippen LogP contribution in [0.3, 0.4) is 0 Å². The van der Waals surface area contributed by atoms with Gasteiger partial charge in [0.1, 0.15) is 5.75 Å². The fraction of sp³-hybridized carbons (Fsp3) is 0.550. The zero-order chi connectivity index (χ0) is 20.1. The highest BCUT2D eigenvalue weighted by Crippen LogP contribution is 2.28. The number of carbonyl (C=O) groups is 2. The lowest BCUT2D eigenvalue weighted by Crippen LogP contribution is -2.43. The lowest BCUT2D eigenvalue weighted by Gasteiger charge is -2.32. The van der Waals surface area contributed by atoms with Crippen LogP contribution >= 0.6 is 11.8 Å². The first-order chi connectivity index (χ1) is 13.5. The number of hydrogen-bond donors (Lipinski definition) is 1. The molecule has 1 atom stereocenters. The number of nitrogens with zero attached hydrogens (tertiary/aromatic N) is 2. The van der Waals surface area contributed by atoms with Crippen LogP contribution in [0, 0.1) is 5.92 Å². The molecule has 2 heterocycles. The van der Waals surface area contributed by atoms with Crippen molar-refractivity contribution in [3.63, 3.8) is 0 Å². The predicted octanol–water partition coefficient (Wildman–Crippen LogP) is 3.24. The third-order valence-corrected chi connectivity index (χ3v) is 5.78. The highest BCUT2D eigenvalue weighted by molar-refractivity contribution is 8.00. The Hall–Kier alpha value is -2.22. The molecule has 1 aliphatic heterocycles. The van der Waals surface area contributed by atoms with Crippen molar-refractivity contribution in [3.05, 3.63) is 18.2 Å². The largest absolute Gasteiger partial charge is 0.494 e. The molecule has 1 saturated heterocycles. The van der Waals surface area contributed by atoms with Crippen molar-refractivity contribution in [3.8, 4) is 5.75 Å². The Morgan fingerprint density at radius 2 is 2.04 bits per heavy atom. The summed E-state index contributed by atoms with van der Waals surface area (Å²) in [4.78, 5) is 34.3. The van der Waals surface area contributed by atoms with E-state index in [-0.39, 0.29) is 23.0 Å². The van der Waals surface area contributed by atoms with Crippen LogP contribution in [0.4, 0.5) is 0 Å². The van der Waals surface area contributed by atoms with E-state index in [1.165, 1.54) is 11.8 Å². The van der Waals surface area contributed by atoms with Crippen LogP contribution in [0.2, 0.25) is 0 Å². The zero-order valence-corrected chi connectivity index (χ0v) is 17.4. The van der Waals surface area contributed by atoms with E-state index < -0.39 is 0 Å². The normalized spacial score (nSPS) is 16.2. The van der Waals surface area contributed by atoms with Gasteiger partial charge in [-0.1, -0.05) is 11.8 Å². The SMILES string of the molecule is CCOC(=O)C1CCN(C(=O)[C@@H](C)Sc2nc3ccc(OCC)cc3[nH]2)CC1. The van der Waals surface area contributed by atoms with Crippen LogP contribution in [-0.2, 0) is 14.3 Å². The van der Waals surface area contributed by atoms with Gasteiger partial charge in [0, 0.05) is 19.2 Å². The van der Waals surface area contributed by atoms with Gasteiger partial charge < -0.3 is 19.4 Å². The number of imidazole rings is 1. The Bertz CT molecular complexity index is 830. The molecule has 0 aliphatic carbocycles. The molecule has 1 N–H and O–H groups in total. The van der Waals surface area contributed by atoms with Crippen molar-refractivity contribution in [2.45, 2.75) is 44.0 Å². The number of aromatic amines is 1. The summed E-state index contributed by atoms with van der Waals surface area (Å²) in [6, 6.07) is 5.72. The minimum atomic E-state index is -0.258. The minimum absolute atomic E-state index is 0.0720. The number of nitrogens with one attached hydrogen (secondary N) is 1. The molecular weight excluding hydrogens is 378 g/mol. The average Bonchev–Trinajstić information content (AvgIpc) is 3.09. The van der Waals surface area contributed by atoms with Crippen molar-refractivity contribution in [1.29, 1.82) is 0 Å². The zero-order valence-electron chi connectivity index (χ0n) is 16.6. The van der Waals surface area contributed by atoms with Crippen LogP contribution in [0.25, 0.3) is 11.0 Å². The molecule has 8 heteroatoms. The molecule has 1 amide bonds. The predicted molar refractivity (Wildman–Crippen MR) is 109 cm³/mol. The van der Waals surface area contributed by atoms with Gasteiger partial charge in [0.25, 0.3) is 0 Å². The summed E-state index contributed by atoms with van der Waals surface area (Å²) in [7, 11) is 0. The first-order valence-electron chi connectivity index (χ1n) is 9.76. The van der Waals surface area contributed by atoms with Crippen LogP contribution in [0.15, 0.2) is 23.4 Å². The Balaban J connectivity index is 1.57. The number of benzene rings is 1. The topological polar surface area (TPSA) is 84.5 Å². The maximum Gasteiger partial charge on any atom is 0.309 e. The first-order valence-corrected chi connectivity index (χ1v) is 10.6. The van der Waals surface area contributed by atoms with Gasteiger partial charge in [-0.2, -0.15) is 0 Å². The second kappa shape index (κ2) is 9.32. The number of hydrogen-bond acceptors (Lipinski definition) is 6. The minimum Gasteiger partial charge on any atom is -0.494 e. The Morgan fingerprint density at radius 3 is 2.71 bits per heavy atom. The number of amides is 1. The molecular formula is C20H27N3O4S. The van der Waals surface area contributed by atoms with E-state index in [9.17, 15) is 9.59 Å². The van der Waals surface area contributed by atoms with Crippen LogP contribution in [-0.4, -0.2) is 58.3 Å². The lowest BCUT2D eigenvalue weighted by atomic mass is 9.97. The number of fused-ring (bicyclic) bond motifs is 1. The molecule has 0 bridgehead atoms. The molecule has 3 rings (SSSR count). The molecule has 2 aromatic rings. The molecule has 1 aromatic heterocycles. The van der Waals surface area contributed by atoms with E-state index >= 15 is 0 Å². The number of ether oxygens (including phenoxy) is 2.